The van der Waals surface area contributed by atoms with Crippen LogP contribution in [0.15, 0.2) is 65.2 Å². The van der Waals surface area contributed by atoms with Crippen molar-refractivity contribution in [2.75, 3.05) is 7.11 Å². The van der Waals surface area contributed by atoms with Crippen LogP contribution in [-0.4, -0.2) is 34.9 Å². The van der Waals surface area contributed by atoms with Gasteiger partial charge in [-0.15, -0.1) is 0 Å². The largest absolute Gasteiger partial charge is 0.377 e. The predicted molar refractivity (Wildman–Crippen MR) is 114 cm³/mol. The Hall–Kier alpha value is -3.53. The molecule has 0 aliphatic heterocycles. The van der Waals surface area contributed by atoms with Gasteiger partial charge in [-0.25, -0.2) is 5.48 Å². The van der Waals surface area contributed by atoms with Crippen LogP contribution in [0.5, 0.6) is 0 Å². The van der Waals surface area contributed by atoms with Crippen LogP contribution in [0.25, 0.3) is 11.1 Å². The van der Waals surface area contributed by atoms with Crippen molar-refractivity contribution in [3.63, 3.8) is 0 Å². The molecular formula is C23H25N3O6. The van der Waals surface area contributed by atoms with E-state index in [1.54, 1.807) is 6.07 Å². The molecule has 2 amide bonds. The van der Waals surface area contributed by atoms with Gasteiger partial charge in [-0.1, -0.05) is 59.8 Å². The van der Waals surface area contributed by atoms with Gasteiger partial charge in [-0.3, -0.25) is 14.8 Å². The number of nitrogens with one attached hydrogen (secondary N) is 2. The average Bonchev–Trinajstić information content (AvgIpc) is 3.29. The van der Waals surface area contributed by atoms with Gasteiger partial charge in [0.05, 0.1) is 13.2 Å². The summed E-state index contributed by atoms with van der Waals surface area (Å²) in [7, 11) is 1.52. The average molecular weight is 439 g/mol. The standard InChI is InChI=1S/C23H25N3O6/c1-23(22(28)25-29,21(27)24-13-19-12-20(15-30-2)32-26-19)31-14-16-8-10-18(11-9-16)17-6-4-3-5-7-17/h3-12,29H,13-15H2,1-2H3,(H,24,27)(H,25,28). The summed E-state index contributed by atoms with van der Waals surface area (Å²) in [6, 6.07) is 19.1. The van der Waals surface area contributed by atoms with E-state index in [1.807, 2.05) is 54.6 Å². The van der Waals surface area contributed by atoms with Crippen molar-refractivity contribution in [3.8, 4) is 11.1 Å². The first kappa shape index (κ1) is 23.1. The molecule has 9 heteroatoms. The first-order valence-electron chi connectivity index (χ1n) is 9.91. The number of rotatable bonds is 10. The van der Waals surface area contributed by atoms with Crippen LogP contribution in [0.3, 0.4) is 0 Å². The highest BCUT2D eigenvalue weighted by Gasteiger charge is 2.42. The van der Waals surface area contributed by atoms with Crippen molar-refractivity contribution < 1.29 is 28.8 Å². The molecule has 3 rings (SSSR count). The Morgan fingerprint density at radius 1 is 1.03 bits per heavy atom. The van der Waals surface area contributed by atoms with E-state index in [1.165, 1.54) is 19.5 Å². The molecule has 0 aliphatic carbocycles. The van der Waals surface area contributed by atoms with Gasteiger partial charge in [0.25, 0.3) is 11.8 Å². The Balaban J connectivity index is 1.64. The van der Waals surface area contributed by atoms with Gasteiger partial charge < -0.3 is 19.3 Å². The third kappa shape index (κ3) is 5.58. The van der Waals surface area contributed by atoms with Crippen molar-refractivity contribution in [1.82, 2.24) is 16.0 Å². The molecular weight excluding hydrogens is 414 g/mol. The molecule has 32 heavy (non-hydrogen) atoms. The molecule has 0 radical (unpaired) electrons. The molecule has 1 atom stereocenters. The van der Waals surface area contributed by atoms with Gasteiger partial charge in [0.15, 0.2) is 5.76 Å². The Morgan fingerprint density at radius 3 is 2.38 bits per heavy atom. The van der Waals surface area contributed by atoms with Gasteiger partial charge in [0.1, 0.15) is 12.3 Å². The van der Waals surface area contributed by atoms with E-state index < -0.39 is 17.4 Å². The second kappa shape index (κ2) is 10.7. The van der Waals surface area contributed by atoms with Gasteiger partial charge in [-0.2, -0.15) is 0 Å². The molecule has 3 N–H and O–H groups in total. The molecule has 1 aromatic heterocycles. The minimum atomic E-state index is -1.97. The molecule has 0 spiro atoms. The van der Waals surface area contributed by atoms with Crippen LogP contribution in [0.2, 0.25) is 0 Å². The number of amides is 2. The van der Waals surface area contributed by atoms with E-state index >= 15 is 0 Å². The van der Waals surface area contributed by atoms with Gasteiger partial charge >= 0.3 is 0 Å². The monoisotopic (exact) mass is 439 g/mol. The fourth-order valence-electron chi connectivity index (χ4n) is 2.98. The fraction of sp³-hybridized carbons (Fsp3) is 0.261. The van der Waals surface area contributed by atoms with Gasteiger partial charge in [-0.05, 0) is 23.6 Å². The first-order chi connectivity index (χ1) is 15.5. The van der Waals surface area contributed by atoms with Crippen molar-refractivity contribution in [2.24, 2.45) is 0 Å². The second-order valence-electron chi connectivity index (χ2n) is 7.23. The minimum absolute atomic E-state index is 0.00940. The lowest BCUT2D eigenvalue weighted by Crippen LogP contribution is -2.56. The number of benzene rings is 2. The lowest BCUT2D eigenvalue weighted by Gasteiger charge is -2.26. The molecule has 168 valence electrons. The maximum absolute atomic E-state index is 12.7. The maximum Gasteiger partial charge on any atom is 0.285 e. The number of carbonyl (C=O) groups is 2. The van der Waals surface area contributed by atoms with Crippen LogP contribution in [0.1, 0.15) is 23.9 Å². The fourth-order valence-corrected chi connectivity index (χ4v) is 2.98. The Morgan fingerprint density at radius 2 is 1.72 bits per heavy atom. The van der Waals surface area contributed by atoms with Gasteiger partial charge in [0, 0.05) is 13.2 Å². The Labute approximate surface area is 185 Å². The maximum atomic E-state index is 12.7. The smallest absolute Gasteiger partial charge is 0.285 e. The van der Waals surface area contributed by atoms with E-state index in [2.05, 4.69) is 10.5 Å². The number of carbonyl (C=O) groups excluding carboxylic acids is 2. The van der Waals surface area contributed by atoms with Crippen molar-refractivity contribution in [1.29, 1.82) is 0 Å². The number of ether oxygens (including phenoxy) is 2. The zero-order valence-electron chi connectivity index (χ0n) is 17.8. The van der Waals surface area contributed by atoms with Crippen molar-refractivity contribution in [2.45, 2.75) is 32.3 Å². The third-order valence-electron chi connectivity index (χ3n) is 4.88. The molecule has 0 saturated heterocycles. The predicted octanol–water partition coefficient (Wildman–Crippen LogP) is 2.59. The van der Waals surface area contributed by atoms with Crippen LogP contribution < -0.4 is 10.8 Å². The third-order valence-corrected chi connectivity index (χ3v) is 4.88. The number of hydrogen-bond donors (Lipinski definition) is 3. The quantitative estimate of drug-likeness (QED) is 0.252. The molecule has 0 fully saturated rings. The highest BCUT2D eigenvalue weighted by molar-refractivity contribution is 6.07. The highest BCUT2D eigenvalue weighted by Crippen LogP contribution is 2.21. The summed E-state index contributed by atoms with van der Waals surface area (Å²) < 4.78 is 15.7. The van der Waals surface area contributed by atoms with E-state index in [0.29, 0.717) is 11.5 Å². The summed E-state index contributed by atoms with van der Waals surface area (Å²) in [5.74, 6) is -1.22. The van der Waals surface area contributed by atoms with Crippen molar-refractivity contribution in [3.05, 3.63) is 77.7 Å². The molecule has 9 nitrogen and oxygen atoms in total. The summed E-state index contributed by atoms with van der Waals surface area (Å²) >= 11 is 0. The van der Waals surface area contributed by atoms with Crippen LogP contribution in [0.4, 0.5) is 0 Å². The molecule has 1 heterocycles. The molecule has 2 aromatic carbocycles. The van der Waals surface area contributed by atoms with E-state index in [-0.39, 0.29) is 19.8 Å². The number of hydrogen-bond acceptors (Lipinski definition) is 7. The number of nitrogens with zero attached hydrogens (tertiary/aromatic N) is 1. The summed E-state index contributed by atoms with van der Waals surface area (Å²) in [6.07, 6.45) is 0. The first-order valence-corrected chi connectivity index (χ1v) is 9.91. The van der Waals surface area contributed by atoms with E-state index in [0.717, 1.165) is 16.7 Å². The topological polar surface area (TPSA) is 123 Å². The van der Waals surface area contributed by atoms with Crippen LogP contribution in [0, 0.1) is 0 Å². The number of hydroxylamine groups is 1. The number of methoxy groups -OCH3 is 1. The zero-order chi connectivity index (χ0) is 23.0. The SMILES string of the molecule is COCc1cc(CNC(=O)C(C)(OCc2ccc(-c3ccccc3)cc2)C(=O)NO)no1. The highest BCUT2D eigenvalue weighted by atomic mass is 16.5. The molecule has 0 saturated carbocycles. The lowest BCUT2D eigenvalue weighted by atomic mass is 10.0. The summed E-state index contributed by atoms with van der Waals surface area (Å²) in [5.41, 5.74) is 2.85. The molecule has 0 aliphatic rings. The molecule has 1 unspecified atom stereocenters. The summed E-state index contributed by atoms with van der Waals surface area (Å²) in [4.78, 5) is 25.0. The van der Waals surface area contributed by atoms with Gasteiger partial charge in [0.2, 0.25) is 5.60 Å². The van der Waals surface area contributed by atoms with Crippen LogP contribution in [-0.2, 0) is 38.8 Å². The minimum Gasteiger partial charge on any atom is -0.377 e. The second-order valence-corrected chi connectivity index (χ2v) is 7.23. The van der Waals surface area contributed by atoms with Crippen LogP contribution >= 0.6 is 0 Å². The summed E-state index contributed by atoms with van der Waals surface area (Å²) in [6.45, 7) is 1.52. The normalized spacial score (nSPS) is 12.7. The van der Waals surface area contributed by atoms with Crippen molar-refractivity contribution >= 4 is 11.8 Å². The zero-order valence-corrected chi connectivity index (χ0v) is 17.8. The molecule has 3 aromatic rings. The Kier molecular flexibility index (Phi) is 7.72. The Bertz CT molecular complexity index is 1040. The van der Waals surface area contributed by atoms with E-state index in [9.17, 15) is 9.59 Å². The molecule has 0 bridgehead atoms. The summed E-state index contributed by atoms with van der Waals surface area (Å²) in [5, 5.41) is 15.5. The lowest BCUT2D eigenvalue weighted by molar-refractivity contribution is -0.166. The van der Waals surface area contributed by atoms with E-state index in [4.69, 9.17) is 19.2 Å². The number of aromatic nitrogens is 1.